The lowest BCUT2D eigenvalue weighted by molar-refractivity contribution is 0.102. The van der Waals surface area contributed by atoms with Gasteiger partial charge in [-0.15, -0.1) is 0 Å². The lowest BCUT2D eigenvalue weighted by Gasteiger charge is -2.08. The number of amides is 1. The number of hydrogen-bond acceptors (Lipinski definition) is 3. The van der Waals surface area contributed by atoms with E-state index in [2.05, 4.69) is 12.2 Å². The first-order valence-corrected chi connectivity index (χ1v) is 6.41. The van der Waals surface area contributed by atoms with Gasteiger partial charge in [0.25, 0.3) is 5.91 Å². The number of anilines is 1. The molecule has 4 nitrogen and oxygen atoms in total. The molecular formula is C16H17NO3. The summed E-state index contributed by atoms with van der Waals surface area (Å²) < 4.78 is 4.98. The summed E-state index contributed by atoms with van der Waals surface area (Å²) in [4.78, 5) is 12.1. The molecule has 0 aromatic heterocycles. The predicted molar refractivity (Wildman–Crippen MR) is 78.4 cm³/mol. The Hall–Kier alpha value is -2.49. The summed E-state index contributed by atoms with van der Waals surface area (Å²) in [6, 6.07) is 12.2. The average Bonchev–Trinajstić information content (AvgIpc) is 2.47. The van der Waals surface area contributed by atoms with Gasteiger partial charge in [0.15, 0.2) is 0 Å². The Labute approximate surface area is 118 Å². The van der Waals surface area contributed by atoms with Crippen LogP contribution in [-0.2, 0) is 6.42 Å². The maximum absolute atomic E-state index is 12.1. The van der Waals surface area contributed by atoms with Crippen LogP contribution < -0.4 is 10.1 Å². The minimum atomic E-state index is -0.352. The molecule has 104 valence electrons. The smallest absolute Gasteiger partial charge is 0.259 e. The summed E-state index contributed by atoms with van der Waals surface area (Å²) in [5, 5.41) is 12.6. The van der Waals surface area contributed by atoms with E-state index < -0.39 is 0 Å². The highest BCUT2D eigenvalue weighted by Gasteiger charge is 2.12. The number of ether oxygens (including phenoxy) is 1. The molecule has 0 aliphatic rings. The third-order valence-corrected chi connectivity index (χ3v) is 3.07. The van der Waals surface area contributed by atoms with Crippen molar-refractivity contribution in [2.24, 2.45) is 0 Å². The van der Waals surface area contributed by atoms with Crippen molar-refractivity contribution in [3.8, 4) is 11.5 Å². The van der Waals surface area contributed by atoms with Crippen molar-refractivity contribution in [2.75, 3.05) is 12.4 Å². The van der Waals surface area contributed by atoms with Crippen LogP contribution in [0.4, 0.5) is 5.69 Å². The number of hydrogen-bond donors (Lipinski definition) is 2. The molecule has 1 amide bonds. The molecule has 0 saturated heterocycles. The molecule has 0 saturated carbocycles. The van der Waals surface area contributed by atoms with E-state index in [1.165, 1.54) is 24.8 Å². The molecule has 2 N–H and O–H groups in total. The van der Waals surface area contributed by atoms with Crippen LogP contribution in [0.15, 0.2) is 42.5 Å². The zero-order valence-corrected chi connectivity index (χ0v) is 11.5. The Bertz CT molecular complexity index is 606. The van der Waals surface area contributed by atoms with Gasteiger partial charge in [0, 0.05) is 11.8 Å². The van der Waals surface area contributed by atoms with Crippen LogP contribution in [0.1, 0.15) is 22.8 Å². The first-order chi connectivity index (χ1) is 9.63. The molecule has 0 heterocycles. The number of rotatable bonds is 4. The summed E-state index contributed by atoms with van der Waals surface area (Å²) >= 11 is 0. The fourth-order valence-electron chi connectivity index (χ4n) is 1.85. The summed E-state index contributed by atoms with van der Waals surface area (Å²) in [6.45, 7) is 2.07. The number of methoxy groups -OCH3 is 1. The van der Waals surface area contributed by atoms with Crippen molar-refractivity contribution in [2.45, 2.75) is 13.3 Å². The van der Waals surface area contributed by atoms with Crippen molar-refractivity contribution in [3.05, 3.63) is 53.6 Å². The van der Waals surface area contributed by atoms with E-state index in [0.29, 0.717) is 11.4 Å². The van der Waals surface area contributed by atoms with Crippen LogP contribution >= 0.6 is 0 Å². The minimum Gasteiger partial charge on any atom is -0.507 e. The monoisotopic (exact) mass is 271 g/mol. The number of nitrogens with one attached hydrogen (secondary N) is 1. The second-order valence-electron chi connectivity index (χ2n) is 4.39. The minimum absolute atomic E-state index is 0.105. The molecule has 20 heavy (non-hydrogen) atoms. The zero-order valence-electron chi connectivity index (χ0n) is 11.5. The van der Waals surface area contributed by atoms with Gasteiger partial charge in [-0.2, -0.15) is 0 Å². The second kappa shape index (κ2) is 6.10. The summed E-state index contributed by atoms with van der Waals surface area (Å²) in [5.74, 6) is 0.0489. The lowest BCUT2D eigenvalue weighted by atomic mass is 10.1. The number of phenols is 1. The first-order valence-electron chi connectivity index (χ1n) is 6.41. The van der Waals surface area contributed by atoms with Crippen LogP contribution in [0.25, 0.3) is 0 Å². The Morgan fingerprint density at radius 2 is 1.90 bits per heavy atom. The van der Waals surface area contributed by atoms with Gasteiger partial charge in [-0.25, -0.2) is 0 Å². The normalized spacial score (nSPS) is 10.1. The molecule has 0 bridgehead atoms. The fourth-order valence-corrected chi connectivity index (χ4v) is 1.85. The van der Waals surface area contributed by atoms with E-state index in [9.17, 15) is 9.90 Å². The van der Waals surface area contributed by atoms with Gasteiger partial charge in [0.05, 0.1) is 12.7 Å². The molecule has 0 atom stereocenters. The van der Waals surface area contributed by atoms with E-state index in [4.69, 9.17) is 4.74 Å². The molecule has 2 aromatic rings. The molecule has 0 fully saturated rings. The van der Waals surface area contributed by atoms with Gasteiger partial charge < -0.3 is 15.2 Å². The van der Waals surface area contributed by atoms with Crippen molar-refractivity contribution >= 4 is 11.6 Å². The number of carbonyl (C=O) groups is 1. The Morgan fingerprint density at radius 1 is 1.20 bits per heavy atom. The molecule has 0 aliphatic carbocycles. The van der Waals surface area contributed by atoms with E-state index >= 15 is 0 Å². The number of aryl methyl sites for hydroxylation is 1. The average molecular weight is 271 g/mol. The molecule has 0 unspecified atom stereocenters. The van der Waals surface area contributed by atoms with Crippen LogP contribution in [-0.4, -0.2) is 18.1 Å². The summed E-state index contributed by atoms with van der Waals surface area (Å²) in [6.07, 6.45) is 0.952. The van der Waals surface area contributed by atoms with E-state index in [-0.39, 0.29) is 17.2 Å². The Kier molecular flexibility index (Phi) is 4.25. The number of aromatic hydroxyl groups is 1. The van der Waals surface area contributed by atoms with Crippen molar-refractivity contribution < 1.29 is 14.6 Å². The number of phenolic OH excluding ortho intramolecular Hbond substituents is 1. The predicted octanol–water partition coefficient (Wildman–Crippen LogP) is 3.22. The Balaban J connectivity index is 2.14. The van der Waals surface area contributed by atoms with Gasteiger partial charge in [-0.1, -0.05) is 19.1 Å². The molecule has 0 radical (unpaired) electrons. The maximum Gasteiger partial charge on any atom is 0.259 e. The highest BCUT2D eigenvalue weighted by atomic mass is 16.5. The van der Waals surface area contributed by atoms with Crippen LogP contribution in [0.2, 0.25) is 0 Å². The first kappa shape index (κ1) is 13.9. The van der Waals surface area contributed by atoms with Gasteiger partial charge in [-0.3, -0.25) is 4.79 Å². The Morgan fingerprint density at radius 3 is 2.45 bits per heavy atom. The van der Waals surface area contributed by atoms with Crippen molar-refractivity contribution in [1.29, 1.82) is 0 Å². The standard InChI is InChI=1S/C16H17NO3/c1-3-11-4-6-12(7-5-11)17-16(19)14-9-8-13(20-2)10-15(14)18/h4-10,18H,3H2,1-2H3,(H,17,19). The van der Waals surface area contributed by atoms with Gasteiger partial charge in [0.1, 0.15) is 11.5 Å². The fraction of sp³-hybridized carbons (Fsp3) is 0.188. The zero-order chi connectivity index (χ0) is 14.5. The molecule has 0 aliphatic heterocycles. The largest absolute Gasteiger partial charge is 0.507 e. The molecule has 2 rings (SSSR count). The SMILES string of the molecule is CCc1ccc(NC(=O)c2ccc(OC)cc2O)cc1. The topological polar surface area (TPSA) is 58.6 Å². The highest BCUT2D eigenvalue weighted by molar-refractivity contribution is 6.06. The third kappa shape index (κ3) is 3.09. The van der Waals surface area contributed by atoms with Gasteiger partial charge in [0.2, 0.25) is 0 Å². The van der Waals surface area contributed by atoms with E-state index in [1.54, 1.807) is 6.07 Å². The number of benzene rings is 2. The lowest BCUT2D eigenvalue weighted by Crippen LogP contribution is -2.12. The van der Waals surface area contributed by atoms with Crippen molar-refractivity contribution in [1.82, 2.24) is 0 Å². The maximum atomic E-state index is 12.1. The molecule has 0 spiro atoms. The molecular weight excluding hydrogens is 254 g/mol. The quantitative estimate of drug-likeness (QED) is 0.897. The van der Waals surface area contributed by atoms with E-state index in [0.717, 1.165) is 6.42 Å². The van der Waals surface area contributed by atoms with Gasteiger partial charge in [-0.05, 0) is 36.2 Å². The van der Waals surface area contributed by atoms with Gasteiger partial charge >= 0.3 is 0 Å². The molecule has 2 aromatic carbocycles. The molecule has 4 heteroatoms. The number of carbonyl (C=O) groups excluding carboxylic acids is 1. The van der Waals surface area contributed by atoms with Crippen LogP contribution in [0, 0.1) is 0 Å². The second-order valence-corrected chi connectivity index (χ2v) is 4.39. The van der Waals surface area contributed by atoms with Crippen LogP contribution in [0.5, 0.6) is 11.5 Å². The van der Waals surface area contributed by atoms with Crippen LogP contribution in [0.3, 0.4) is 0 Å². The van der Waals surface area contributed by atoms with E-state index in [1.807, 2.05) is 24.3 Å². The highest BCUT2D eigenvalue weighted by Crippen LogP contribution is 2.24. The summed E-state index contributed by atoms with van der Waals surface area (Å²) in [7, 11) is 1.50. The summed E-state index contributed by atoms with van der Waals surface area (Å²) in [5.41, 5.74) is 2.11. The van der Waals surface area contributed by atoms with Crippen molar-refractivity contribution in [3.63, 3.8) is 0 Å². The third-order valence-electron chi connectivity index (χ3n) is 3.07.